The number of hydrogen-bond donors (Lipinski definition) is 0. The van der Waals surface area contributed by atoms with Crippen LogP contribution >= 0.6 is 0 Å². The third-order valence-electron chi connectivity index (χ3n) is 3.71. The molecule has 0 aliphatic heterocycles. The Morgan fingerprint density at radius 1 is 1.25 bits per heavy atom. The zero-order chi connectivity index (χ0) is 14.5. The monoisotopic (exact) mass is 274 g/mol. The minimum atomic E-state index is -0.889. The van der Waals surface area contributed by atoms with Gasteiger partial charge in [0, 0.05) is 6.42 Å². The number of carbonyl (C=O) groups is 3. The number of Topliss-reactive ketones (excluding diaryl/α,β-unsaturated/α-hetero) is 2. The maximum atomic E-state index is 12.0. The van der Waals surface area contributed by atoms with Crippen molar-refractivity contribution in [1.29, 1.82) is 0 Å². The molecule has 2 rings (SSSR count). The molecule has 1 aromatic carbocycles. The molecule has 0 spiro atoms. The second-order valence-corrected chi connectivity index (χ2v) is 4.99. The van der Waals surface area contributed by atoms with Crippen molar-refractivity contribution in [1.82, 2.24) is 0 Å². The van der Waals surface area contributed by atoms with Gasteiger partial charge in [0.15, 0.2) is 0 Å². The van der Waals surface area contributed by atoms with Gasteiger partial charge < -0.3 is 4.74 Å². The molecule has 1 aliphatic carbocycles. The normalized spacial score (nSPS) is 22.4. The summed E-state index contributed by atoms with van der Waals surface area (Å²) in [6.45, 7) is 1.79. The van der Waals surface area contributed by atoms with Gasteiger partial charge in [-0.1, -0.05) is 30.3 Å². The van der Waals surface area contributed by atoms with Crippen LogP contribution in [0.3, 0.4) is 0 Å². The van der Waals surface area contributed by atoms with Gasteiger partial charge in [-0.15, -0.1) is 0 Å². The van der Waals surface area contributed by atoms with Crippen molar-refractivity contribution in [2.45, 2.75) is 32.1 Å². The van der Waals surface area contributed by atoms with Gasteiger partial charge in [0.05, 0.1) is 12.5 Å². The van der Waals surface area contributed by atoms with Crippen LogP contribution in [0.15, 0.2) is 30.3 Å². The van der Waals surface area contributed by atoms with Gasteiger partial charge in [-0.2, -0.15) is 0 Å². The molecule has 1 saturated carbocycles. The Balaban J connectivity index is 2.11. The molecule has 0 amide bonds. The summed E-state index contributed by atoms with van der Waals surface area (Å²) in [6.07, 6.45) is 1.48. The van der Waals surface area contributed by atoms with Crippen molar-refractivity contribution < 1.29 is 19.1 Å². The third kappa shape index (κ3) is 3.13. The van der Waals surface area contributed by atoms with Crippen molar-refractivity contribution in [2.24, 2.45) is 5.92 Å². The molecule has 2 atom stereocenters. The van der Waals surface area contributed by atoms with Crippen LogP contribution in [0.25, 0.3) is 0 Å². The molecule has 0 bridgehead atoms. The van der Waals surface area contributed by atoms with Gasteiger partial charge in [0.2, 0.25) is 5.78 Å². The first kappa shape index (κ1) is 14.4. The molecule has 0 N–H and O–H groups in total. The van der Waals surface area contributed by atoms with Crippen LogP contribution in [-0.2, 0) is 19.1 Å². The van der Waals surface area contributed by atoms with Gasteiger partial charge in [0.1, 0.15) is 5.78 Å². The zero-order valence-electron chi connectivity index (χ0n) is 11.5. The average molecular weight is 274 g/mol. The number of hydrogen-bond acceptors (Lipinski definition) is 4. The number of ether oxygens (including phenoxy) is 1. The Bertz CT molecular complexity index is 506. The van der Waals surface area contributed by atoms with Crippen LogP contribution in [0.1, 0.15) is 37.7 Å². The quantitative estimate of drug-likeness (QED) is 0.480. The van der Waals surface area contributed by atoms with Gasteiger partial charge in [-0.3, -0.25) is 9.59 Å². The molecule has 106 valence electrons. The Morgan fingerprint density at radius 2 is 1.95 bits per heavy atom. The molecule has 0 aromatic heterocycles. The second-order valence-electron chi connectivity index (χ2n) is 4.99. The van der Waals surface area contributed by atoms with Crippen molar-refractivity contribution in [2.75, 3.05) is 6.61 Å². The van der Waals surface area contributed by atoms with Crippen molar-refractivity contribution in [3.05, 3.63) is 35.9 Å². The lowest BCUT2D eigenvalue weighted by Crippen LogP contribution is -2.35. The molecule has 2 unspecified atom stereocenters. The van der Waals surface area contributed by atoms with Crippen LogP contribution in [0.2, 0.25) is 0 Å². The number of benzene rings is 1. The molecule has 1 aliphatic rings. The molecule has 4 nitrogen and oxygen atoms in total. The molecular formula is C16H18O4. The summed E-state index contributed by atoms with van der Waals surface area (Å²) in [5, 5.41) is 0. The second kappa shape index (κ2) is 6.46. The topological polar surface area (TPSA) is 60.4 Å². The third-order valence-corrected chi connectivity index (χ3v) is 3.71. The van der Waals surface area contributed by atoms with Crippen molar-refractivity contribution in [3.8, 4) is 0 Å². The summed E-state index contributed by atoms with van der Waals surface area (Å²) in [7, 11) is 0. The highest BCUT2D eigenvalue weighted by molar-refractivity contribution is 6.38. The summed E-state index contributed by atoms with van der Waals surface area (Å²) < 4.78 is 4.71. The summed E-state index contributed by atoms with van der Waals surface area (Å²) >= 11 is 0. The summed E-state index contributed by atoms with van der Waals surface area (Å²) in [6, 6.07) is 9.79. The fraction of sp³-hybridized carbons (Fsp3) is 0.438. The Hall–Kier alpha value is -1.97. The van der Waals surface area contributed by atoms with Gasteiger partial charge in [-0.25, -0.2) is 4.79 Å². The molecule has 20 heavy (non-hydrogen) atoms. The minimum Gasteiger partial charge on any atom is -0.460 e. The van der Waals surface area contributed by atoms with Crippen molar-refractivity contribution >= 4 is 17.5 Å². The average Bonchev–Trinajstić information content (AvgIpc) is 2.48. The maximum Gasteiger partial charge on any atom is 0.375 e. The summed E-state index contributed by atoms with van der Waals surface area (Å²) in [5.41, 5.74) is 1.11. The van der Waals surface area contributed by atoms with Crippen molar-refractivity contribution in [3.63, 3.8) is 0 Å². The van der Waals surface area contributed by atoms with E-state index in [1.165, 1.54) is 0 Å². The first-order chi connectivity index (χ1) is 9.63. The molecule has 0 radical (unpaired) electrons. The van der Waals surface area contributed by atoms with E-state index in [1.807, 2.05) is 30.3 Å². The Morgan fingerprint density at radius 3 is 2.60 bits per heavy atom. The maximum absolute atomic E-state index is 12.0. The lowest BCUT2D eigenvalue weighted by atomic mass is 9.75. The van der Waals surface area contributed by atoms with E-state index in [1.54, 1.807) is 6.92 Å². The highest BCUT2D eigenvalue weighted by Crippen LogP contribution is 2.34. The Kier molecular flexibility index (Phi) is 4.66. The van der Waals surface area contributed by atoms with E-state index in [2.05, 4.69) is 0 Å². The molecule has 0 heterocycles. The number of rotatable bonds is 4. The van der Waals surface area contributed by atoms with E-state index in [9.17, 15) is 14.4 Å². The standard InChI is InChI=1S/C16H18O4/c1-2-20-16(19)15(18)13-10-12(8-9-14(13)17)11-6-4-3-5-7-11/h3-7,12-13H,2,8-10H2,1H3. The molecule has 1 fully saturated rings. The van der Waals surface area contributed by atoms with Gasteiger partial charge in [-0.05, 0) is 31.2 Å². The first-order valence-electron chi connectivity index (χ1n) is 6.92. The highest BCUT2D eigenvalue weighted by Gasteiger charge is 2.37. The fourth-order valence-electron chi connectivity index (χ4n) is 2.65. The molecule has 0 saturated heterocycles. The largest absolute Gasteiger partial charge is 0.460 e. The SMILES string of the molecule is CCOC(=O)C(=O)C1CC(c2ccccc2)CCC1=O. The predicted octanol–water partition coefficient (Wildman–Crippen LogP) is 2.27. The lowest BCUT2D eigenvalue weighted by molar-refractivity contribution is -0.157. The van der Waals surface area contributed by atoms with Crippen LogP contribution in [0.5, 0.6) is 0 Å². The highest BCUT2D eigenvalue weighted by atomic mass is 16.5. The molecular weight excluding hydrogens is 256 g/mol. The van der Waals surface area contributed by atoms with E-state index in [0.29, 0.717) is 12.8 Å². The van der Waals surface area contributed by atoms with Gasteiger partial charge >= 0.3 is 5.97 Å². The summed E-state index contributed by atoms with van der Waals surface area (Å²) in [4.78, 5) is 35.4. The van der Waals surface area contributed by atoms with E-state index in [-0.39, 0.29) is 18.3 Å². The molecule has 4 heteroatoms. The number of ketones is 2. The lowest BCUT2D eigenvalue weighted by Gasteiger charge is -2.27. The van der Waals surface area contributed by atoms with E-state index >= 15 is 0 Å². The van der Waals surface area contributed by atoms with Crippen LogP contribution < -0.4 is 0 Å². The predicted molar refractivity (Wildman–Crippen MR) is 73.2 cm³/mol. The fourth-order valence-corrected chi connectivity index (χ4v) is 2.65. The minimum absolute atomic E-state index is 0.143. The smallest absolute Gasteiger partial charge is 0.375 e. The number of carbonyl (C=O) groups excluding carboxylic acids is 3. The first-order valence-corrected chi connectivity index (χ1v) is 6.92. The molecule has 1 aromatic rings. The summed E-state index contributed by atoms with van der Waals surface area (Å²) in [5.74, 6) is -2.42. The van der Waals surface area contributed by atoms with E-state index in [4.69, 9.17) is 4.74 Å². The van der Waals surface area contributed by atoms with Crippen LogP contribution in [0, 0.1) is 5.92 Å². The zero-order valence-corrected chi connectivity index (χ0v) is 11.5. The van der Waals surface area contributed by atoms with Crippen LogP contribution in [-0.4, -0.2) is 24.1 Å². The Labute approximate surface area is 118 Å². The van der Waals surface area contributed by atoms with Crippen LogP contribution in [0.4, 0.5) is 0 Å². The van der Waals surface area contributed by atoms with Gasteiger partial charge in [0.25, 0.3) is 0 Å². The van der Waals surface area contributed by atoms with E-state index < -0.39 is 17.7 Å². The van der Waals surface area contributed by atoms with E-state index in [0.717, 1.165) is 12.0 Å². The number of esters is 1.